The summed E-state index contributed by atoms with van der Waals surface area (Å²) in [5.41, 5.74) is 9.01. The van der Waals surface area contributed by atoms with Crippen molar-refractivity contribution in [2.75, 3.05) is 5.73 Å². The molecule has 0 aliphatic rings. The molecule has 0 amide bonds. The zero-order chi connectivity index (χ0) is 20.1. The highest BCUT2D eigenvalue weighted by atomic mass is 32.1. The van der Waals surface area contributed by atoms with Gasteiger partial charge in [-0.2, -0.15) is 0 Å². The molecule has 0 aliphatic carbocycles. The van der Waals surface area contributed by atoms with Gasteiger partial charge in [-0.05, 0) is 24.6 Å². The van der Waals surface area contributed by atoms with E-state index >= 15 is 0 Å². The van der Waals surface area contributed by atoms with Gasteiger partial charge in [0.15, 0.2) is 0 Å². The van der Waals surface area contributed by atoms with E-state index in [0.717, 1.165) is 26.7 Å². The Bertz CT molecular complexity index is 1420. The van der Waals surface area contributed by atoms with Crippen molar-refractivity contribution in [1.82, 2.24) is 15.2 Å². The third-order valence-electron chi connectivity index (χ3n) is 4.70. The molecule has 0 unspecified atom stereocenters. The topological polar surface area (TPSA) is 121 Å². The Hall–Kier alpha value is -3.85. The Kier molecular flexibility index (Phi) is 3.78. The van der Waals surface area contributed by atoms with Crippen LogP contribution in [0.2, 0.25) is 0 Å². The molecular formula is C20H13N5O3S. The van der Waals surface area contributed by atoms with Crippen LogP contribution in [0, 0.1) is 17.0 Å². The second kappa shape index (κ2) is 6.35. The van der Waals surface area contributed by atoms with Crippen molar-refractivity contribution >= 4 is 43.8 Å². The Morgan fingerprint density at radius 3 is 2.72 bits per heavy atom. The van der Waals surface area contributed by atoms with Crippen LogP contribution in [0.5, 0.6) is 0 Å². The number of nitro benzene ring substituents is 1. The van der Waals surface area contributed by atoms with Crippen molar-refractivity contribution < 1.29 is 9.34 Å². The lowest BCUT2D eigenvalue weighted by molar-refractivity contribution is -0.384. The molecule has 9 heteroatoms. The summed E-state index contributed by atoms with van der Waals surface area (Å²) < 4.78 is 5.75. The molecule has 0 atom stereocenters. The van der Waals surface area contributed by atoms with Gasteiger partial charge in [0.05, 0.1) is 16.1 Å². The summed E-state index contributed by atoms with van der Waals surface area (Å²) in [5, 5.41) is 21.2. The number of nitro groups is 1. The first-order chi connectivity index (χ1) is 14.0. The van der Waals surface area contributed by atoms with E-state index in [9.17, 15) is 10.1 Å². The molecule has 3 heterocycles. The monoisotopic (exact) mass is 403 g/mol. The van der Waals surface area contributed by atoms with Crippen molar-refractivity contribution in [2.45, 2.75) is 6.92 Å². The number of rotatable bonds is 3. The smallest absolute Gasteiger partial charge is 0.282 e. The van der Waals surface area contributed by atoms with Crippen LogP contribution < -0.4 is 5.73 Å². The van der Waals surface area contributed by atoms with Gasteiger partial charge in [-0.15, -0.1) is 21.5 Å². The van der Waals surface area contributed by atoms with Crippen molar-refractivity contribution in [3.63, 3.8) is 0 Å². The molecule has 0 saturated heterocycles. The number of nitrogens with two attached hydrogens (primary N) is 1. The summed E-state index contributed by atoms with van der Waals surface area (Å²) in [6.07, 6.45) is 0. The minimum atomic E-state index is -0.481. The summed E-state index contributed by atoms with van der Waals surface area (Å²) in [4.78, 5) is 16.9. The number of fused-ring (bicyclic) bond motifs is 2. The predicted molar refractivity (Wildman–Crippen MR) is 112 cm³/mol. The molecule has 8 nitrogen and oxygen atoms in total. The lowest BCUT2D eigenvalue weighted by Gasteiger charge is -2.01. The van der Waals surface area contributed by atoms with E-state index in [2.05, 4.69) is 10.2 Å². The molecule has 5 aromatic rings. The van der Waals surface area contributed by atoms with Gasteiger partial charge in [0, 0.05) is 16.8 Å². The molecule has 142 valence electrons. The maximum atomic E-state index is 11.3. The van der Waals surface area contributed by atoms with E-state index in [0.29, 0.717) is 10.6 Å². The average Bonchev–Trinajstić information content (AvgIpc) is 3.32. The summed E-state index contributed by atoms with van der Waals surface area (Å²) >= 11 is 1.35. The van der Waals surface area contributed by atoms with Gasteiger partial charge in [0.2, 0.25) is 0 Å². The largest absolute Gasteiger partial charge is 0.415 e. The van der Waals surface area contributed by atoms with Crippen LogP contribution in [0.15, 0.2) is 52.9 Å². The number of benzene rings is 2. The second-order valence-corrected chi connectivity index (χ2v) is 7.52. The quantitative estimate of drug-likeness (QED) is 0.333. The molecule has 3 aromatic heterocycles. The Labute approximate surface area is 167 Å². The SMILES string of the molecule is Cc1cccc2cc3c(N)c(-c4nnc(-c5ccccc5[N+](=O)[O-])o4)sc3nc12. The molecule has 0 saturated carbocycles. The molecule has 0 aliphatic heterocycles. The maximum Gasteiger partial charge on any atom is 0.282 e. The molecule has 5 rings (SSSR count). The van der Waals surface area contributed by atoms with Gasteiger partial charge in [-0.3, -0.25) is 10.1 Å². The molecule has 0 spiro atoms. The minimum Gasteiger partial charge on any atom is -0.415 e. The van der Waals surface area contributed by atoms with Gasteiger partial charge in [0.25, 0.3) is 17.5 Å². The highest BCUT2D eigenvalue weighted by Gasteiger charge is 2.23. The number of pyridine rings is 1. The number of para-hydroxylation sites is 2. The second-order valence-electron chi connectivity index (χ2n) is 6.52. The van der Waals surface area contributed by atoms with E-state index < -0.39 is 4.92 Å². The summed E-state index contributed by atoms with van der Waals surface area (Å²) in [7, 11) is 0. The molecule has 0 radical (unpaired) electrons. The zero-order valence-electron chi connectivity index (χ0n) is 15.1. The number of nitrogen functional groups attached to an aromatic ring is 1. The molecule has 0 fully saturated rings. The van der Waals surface area contributed by atoms with Crippen LogP contribution >= 0.6 is 11.3 Å². The molecule has 0 bridgehead atoms. The van der Waals surface area contributed by atoms with Crippen molar-refractivity contribution in [3.05, 3.63) is 64.2 Å². The van der Waals surface area contributed by atoms with Crippen LogP contribution in [0.25, 0.3) is 43.3 Å². The van der Waals surface area contributed by atoms with Crippen LogP contribution in [-0.4, -0.2) is 20.1 Å². The fourth-order valence-electron chi connectivity index (χ4n) is 3.27. The van der Waals surface area contributed by atoms with Gasteiger partial charge in [-0.25, -0.2) is 4.98 Å². The van der Waals surface area contributed by atoms with Gasteiger partial charge >= 0.3 is 0 Å². The molecule has 2 aromatic carbocycles. The summed E-state index contributed by atoms with van der Waals surface area (Å²) in [6, 6.07) is 14.2. The van der Waals surface area contributed by atoms with E-state index in [1.807, 2.05) is 31.2 Å². The lowest BCUT2D eigenvalue weighted by Crippen LogP contribution is -1.91. The Morgan fingerprint density at radius 1 is 1.10 bits per heavy atom. The van der Waals surface area contributed by atoms with E-state index in [-0.39, 0.29) is 23.0 Å². The van der Waals surface area contributed by atoms with E-state index in [1.54, 1.807) is 18.2 Å². The predicted octanol–water partition coefficient (Wildman–Crippen LogP) is 4.97. The fourth-order valence-corrected chi connectivity index (χ4v) is 4.27. The third kappa shape index (κ3) is 2.71. The van der Waals surface area contributed by atoms with Crippen LogP contribution in [-0.2, 0) is 0 Å². The molecule has 29 heavy (non-hydrogen) atoms. The first-order valence-corrected chi connectivity index (χ1v) is 9.50. The number of hydrogen-bond acceptors (Lipinski definition) is 8. The van der Waals surface area contributed by atoms with Crippen LogP contribution in [0.1, 0.15) is 5.56 Å². The zero-order valence-corrected chi connectivity index (χ0v) is 15.9. The van der Waals surface area contributed by atoms with E-state index in [1.165, 1.54) is 17.4 Å². The Morgan fingerprint density at radius 2 is 1.90 bits per heavy atom. The number of aryl methyl sites for hydroxylation is 1. The highest BCUT2D eigenvalue weighted by molar-refractivity contribution is 7.22. The number of anilines is 1. The van der Waals surface area contributed by atoms with Gasteiger partial charge in [0.1, 0.15) is 15.3 Å². The first kappa shape index (κ1) is 17.3. The average molecular weight is 403 g/mol. The highest BCUT2D eigenvalue weighted by Crippen LogP contribution is 2.41. The first-order valence-electron chi connectivity index (χ1n) is 8.69. The molecular weight excluding hydrogens is 390 g/mol. The van der Waals surface area contributed by atoms with Crippen molar-refractivity contribution in [1.29, 1.82) is 0 Å². The van der Waals surface area contributed by atoms with Gasteiger partial charge in [-0.1, -0.05) is 30.3 Å². The fraction of sp³-hybridized carbons (Fsp3) is 0.0500. The maximum absolute atomic E-state index is 11.3. The Balaban J connectivity index is 1.66. The van der Waals surface area contributed by atoms with Gasteiger partial charge < -0.3 is 10.2 Å². The number of aromatic nitrogens is 3. The van der Waals surface area contributed by atoms with Crippen LogP contribution in [0.4, 0.5) is 11.4 Å². The standard InChI is InChI=1S/C20H13N5O3S/c1-10-5-4-6-11-9-13-15(21)17(29-20(13)22-16(10)11)19-24-23-18(28-19)12-7-2-3-8-14(12)25(26)27/h2-9H,21H2,1H3. The number of hydrogen-bond donors (Lipinski definition) is 1. The number of nitrogens with zero attached hydrogens (tertiary/aromatic N) is 4. The van der Waals surface area contributed by atoms with Crippen LogP contribution in [0.3, 0.4) is 0 Å². The third-order valence-corrected chi connectivity index (χ3v) is 5.80. The lowest BCUT2D eigenvalue weighted by atomic mass is 10.1. The van der Waals surface area contributed by atoms with Crippen molar-refractivity contribution in [3.8, 4) is 22.2 Å². The summed E-state index contributed by atoms with van der Waals surface area (Å²) in [5.74, 6) is 0.276. The minimum absolute atomic E-state index is 0.0677. The van der Waals surface area contributed by atoms with Crippen molar-refractivity contribution in [2.24, 2.45) is 0 Å². The van der Waals surface area contributed by atoms with E-state index in [4.69, 9.17) is 15.1 Å². The normalized spacial score (nSPS) is 11.3. The summed E-state index contributed by atoms with van der Waals surface area (Å²) in [6.45, 7) is 2.01. The molecule has 2 N–H and O–H groups in total. The number of thiophene rings is 1.